The highest BCUT2D eigenvalue weighted by Crippen LogP contribution is 2.36. The van der Waals surface area contributed by atoms with E-state index in [1.165, 1.54) is 18.2 Å². The number of phenols is 3. The molecule has 0 saturated carbocycles. The number of ether oxygens (including phenoxy) is 2. The van der Waals surface area contributed by atoms with E-state index in [4.69, 9.17) is 9.47 Å². The van der Waals surface area contributed by atoms with Gasteiger partial charge in [-0.05, 0) is 71.4 Å². The van der Waals surface area contributed by atoms with Crippen molar-refractivity contribution in [1.82, 2.24) is 0 Å². The summed E-state index contributed by atoms with van der Waals surface area (Å²) in [5.74, 6) is 2.18. The van der Waals surface area contributed by atoms with E-state index in [9.17, 15) is 15.3 Å². The van der Waals surface area contributed by atoms with Crippen molar-refractivity contribution >= 4 is 10.8 Å². The second kappa shape index (κ2) is 6.80. The number of fused-ring (bicyclic) bond motifs is 1. The Labute approximate surface area is 155 Å². The number of aromatic hydroxyl groups is 3. The van der Waals surface area contributed by atoms with Crippen molar-refractivity contribution in [2.75, 3.05) is 0 Å². The van der Waals surface area contributed by atoms with Crippen LogP contribution in [-0.4, -0.2) is 15.3 Å². The van der Waals surface area contributed by atoms with Gasteiger partial charge in [-0.15, -0.1) is 0 Å². The van der Waals surface area contributed by atoms with E-state index in [1.807, 2.05) is 12.1 Å². The fraction of sp³-hybridized carbons (Fsp3) is 0. The Morgan fingerprint density at radius 2 is 1.07 bits per heavy atom. The van der Waals surface area contributed by atoms with Crippen molar-refractivity contribution in [2.24, 2.45) is 0 Å². The third-order valence-electron chi connectivity index (χ3n) is 4.03. The standard InChI is InChI=1S/C22H16O5/c23-16-4-7-18(8-5-16)26-20-9-10-21(25)22(13-20)27-19-6-2-14-11-17(24)3-1-15(14)12-19/h1-13,23-25H. The van der Waals surface area contributed by atoms with E-state index in [0.717, 1.165) is 10.8 Å². The molecule has 27 heavy (non-hydrogen) atoms. The number of phenolic OH excluding ortho intramolecular Hbond substituents is 3. The van der Waals surface area contributed by atoms with Crippen LogP contribution < -0.4 is 9.47 Å². The Bertz CT molecular complexity index is 1100. The van der Waals surface area contributed by atoms with Crippen molar-refractivity contribution in [2.45, 2.75) is 0 Å². The summed E-state index contributed by atoms with van der Waals surface area (Å²) in [6.45, 7) is 0. The molecule has 0 aromatic heterocycles. The Balaban J connectivity index is 1.59. The molecule has 0 amide bonds. The quantitative estimate of drug-likeness (QED) is 0.445. The van der Waals surface area contributed by atoms with E-state index in [2.05, 4.69) is 0 Å². The summed E-state index contributed by atoms with van der Waals surface area (Å²) in [7, 11) is 0. The summed E-state index contributed by atoms with van der Waals surface area (Å²) in [6.07, 6.45) is 0. The van der Waals surface area contributed by atoms with Crippen molar-refractivity contribution in [1.29, 1.82) is 0 Å². The minimum atomic E-state index is -0.0149. The van der Waals surface area contributed by atoms with E-state index in [0.29, 0.717) is 17.2 Å². The molecule has 0 aliphatic heterocycles. The van der Waals surface area contributed by atoms with Crippen molar-refractivity contribution in [3.8, 4) is 40.2 Å². The lowest BCUT2D eigenvalue weighted by atomic mass is 10.1. The van der Waals surface area contributed by atoms with E-state index in [-0.39, 0.29) is 23.0 Å². The fourth-order valence-corrected chi connectivity index (χ4v) is 2.69. The lowest BCUT2D eigenvalue weighted by Crippen LogP contribution is -1.88. The number of hydrogen-bond acceptors (Lipinski definition) is 5. The van der Waals surface area contributed by atoms with Crippen LogP contribution in [0.5, 0.6) is 40.2 Å². The third kappa shape index (κ3) is 3.72. The van der Waals surface area contributed by atoms with Gasteiger partial charge in [0.2, 0.25) is 0 Å². The first-order valence-corrected chi connectivity index (χ1v) is 8.27. The molecule has 5 nitrogen and oxygen atoms in total. The molecule has 0 fully saturated rings. The van der Waals surface area contributed by atoms with Gasteiger partial charge in [-0.2, -0.15) is 0 Å². The van der Waals surface area contributed by atoms with Crippen molar-refractivity contribution < 1.29 is 24.8 Å². The molecular weight excluding hydrogens is 344 g/mol. The average molecular weight is 360 g/mol. The smallest absolute Gasteiger partial charge is 0.172 e. The summed E-state index contributed by atoms with van der Waals surface area (Å²) < 4.78 is 11.5. The molecule has 0 unspecified atom stereocenters. The zero-order chi connectivity index (χ0) is 18.8. The maximum atomic E-state index is 10.1. The zero-order valence-corrected chi connectivity index (χ0v) is 14.2. The molecule has 0 bridgehead atoms. The van der Waals surface area contributed by atoms with Crippen molar-refractivity contribution in [3.63, 3.8) is 0 Å². The summed E-state index contributed by atoms with van der Waals surface area (Å²) in [5, 5.41) is 30.8. The van der Waals surface area contributed by atoms with Gasteiger partial charge >= 0.3 is 0 Å². The van der Waals surface area contributed by atoms with Crippen molar-refractivity contribution in [3.05, 3.63) is 78.9 Å². The Kier molecular flexibility index (Phi) is 4.18. The molecule has 134 valence electrons. The highest BCUT2D eigenvalue weighted by atomic mass is 16.5. The molecule has 0 spiro atoms. The average Bonchev–Trinajstić information content (AvgIpc) is 2.66. The molecule has 0 aliphatic carbocycles. The summed E-state index contributed by atoms with van der Waals surface area (Å²) >= 11 is 0. The van der Waals surface area contributed by atoms with Crippen LogP contribution in [0.2, 0.25) is 0 Å². The second-order valence-corrected chi connectivity index (χ2v) is 6.02. The molecule has 5 heteroatoms. The minimum absolute atomic E-state index is 0.0149. The second-order valence-electron chi connectivity index (χ2n) is 6.02. The Morgan fingerprint density at radius 1 is 0.481 bits per heavy atom. The first-order valence-electron chi connectivity index (χ1n) is 8.27. The molecule has 0 heterocycles. The first-order chi connectivity index (χ1) is 13.1. The summed E-state index contributed by atoms with van der Waals surface area (Å²) in [4.78, 5) is 0. The van der Waals surface area contributed by atoms with Gasteiger partial charge in [-0.3, -0.25) is 0 Å². The van der Waals surface area contributed by atoms with Crippen LogP contribution in [0.15, 0.2) is 78.9 Å². The molecule has 0 saturated heterocycles. The number of hydrogen-bond donors (Lipinski definition) is 3. The van der Waals surface area contributed by atoms with Gasteiger partial charge in [0.25, 0.3) is 0 Å². The van der Waals surface area contributed by atoms with Crippen LogP contribution >= 0.6 is 0 Å². The summed E-state index contributed by atoms with van der Waals surface area (Å²) in [5.41, 5.74) is 0. The van der Waals surface area contributed by atoms with Gasteiger partial charge in [0, 0.05) is 6.07 Å². The van der Waals surface area contributed by atoms with Crippen LogP contribution in [0.1, 0.15) is 0 Å². The largest absolute Gasteiger partial charge is 0.508 e. The molecule has 0 radical (unpaired) electrons. The van der Waals surface area contributed by atoms with Crippen LogP contribution in [0, 0.1) is 0 Å². The Morgan fingerprint density at radius 3 is 1.89 bits per heavy atom. The summed E-state index contributed by atoms with van der Waals surface area (Å²) in [6, 6.07) is 21.5. The monoisotopic (exact) mass is 360 g/mol. The number of rotatable bonds is 4. The molecule has 4 aromatic carbocycles. The predicted octanol–water partition coefficient (Wildman–Crippen LogP) is 5.54. The predicted molar refractivity (Wildman–Crippen MR) is 102 cm³/mol. The van der Waals surface area contributed by atoms with Gasteiger partial charge < -0.3 is 24.8 Å². The highest BCUT2D eigenvalue weighted by Gasteiger charge is 2.08. The lowest BCUT2D eigenvalue weighted by molar-refractivity contribution is 0.405. The van der Waals surface area contributed by atoms with Gasteiger partial charge in [0.15, 0.2) is 11.5 Å². The highest BCUT2D eigenvalue weighted by molar-refractivity contribution is 5.85. The molecule has 3 N–H and O–H groups in total. The Hall–Kier alpha value is -3.86. The molecule has 0 aliphatic rings. The van der Waals surface area contributed by atoms with Crippen LogP contribution in [0.4, 0.5) is 0 Å². The zero-order valence-electron chi connectivity index (χ0n) is 14.2. The van der Waals surface area contributed by atoms with E-state index >= 15 is 0 Å². The van der Waals surface area contributed by atoms with Gasteiger partial charge in [-0.25, -0.2) is 0 Å². The molecular formula is C22H16O5. The number of benzene rings is 4. The van der Waals surface area contributed by atoms with Crippen LogP contribution in [-0.2, 0) is 0 Å². The SMILES string of the molecule is Oc1ccc(Oc2ccc(O)c(Oc3ccc4cc(O)ccc4c3)c2)cc1. The lowest BCUT2D eigenvalue weighted by Gasteiger charge is -2.11. The van der Waals surface area contributed by atoms with E-state index in [1.54, 1.807) is 48.5 Å². The minimum Gasteiger partial charge on any atom is -0.508 e. The maximum Gasteiger partial charge on any atom is 0.172 e. The first kappa shape index (κ1) is 16.6. The maximum absolute atomic E-state index is 10.1. The fourth-order valence-electron chi connectivity index (χ4n) is 2.69. The molecule has 4 aromatic rings. The van der Waals surface area contributed by atoms with Gasteiger partial charge in [0.05, 0.1) is 0 Å². The molecule has 4 rings (SSSR count). The third-order valence-corrected chi connectivity index (χ3v) is 4.03. The van der Waals surface area contributed by atoms with Crippen LogP contribution in [0.25, 0.3) is 10.8 Å². The van der Waals surface area contributed by atoms with Gasteiger partial charge in [-0.1, -0.05) is 12.1 Å². The topological polar surface area (TPSA) is 79.2 Å². The van der Waals surface area contributed by atoms with Crippen LogP contribution in [0.3, 0.4) is 0 Å². The van der Waals surface area contributed by atoms with E-state index < -0.39 is 0 Å². The molecule has 0 atom stereocenters. The normalized spacial score (nSPS) is 10.7. The van der Waals surface area contributed by atoms with Gasteiger partial charge in [0.1, 0.15) is 28.7 Å².